The molecule has 0 heterocycles. The minimum Gasteiger partial charge on any atom is -0.274 e. The summed E-state index contributed by atoms with van der Waals surface area (Å²) in [6, 6.07) is -1.35. The average molecular weight is 381 g/mol. The summed E-state index contributed by atoms with van der Waals surface area (Å²) in [5.74, 6) is -1.29. The lowest BCUT2D eigenvalue weighted by atomic mass is 9.86. The zero-order valence-electron chi connectivity index (χ0n) is 16.0. The molecule has 1 saturated carbocycles. The molecule has 0 spiro atoms. The molecule has 1 aliphatic rings. The number of rotatable bonds is 9. The van der Waals surface area contributed by atoms with E-state index in [1.165, 1.54) is 36.5 Å². The highest BCUT2D eigenvalue weighted by Crippen LogP contribution is 2.31. The molecule has 1 aliphatic carbocycles. The van der Waals surface area contributed by atoms with Crippen LogP contribution in [0, 0.1) is 0 Å². The maximum Gasteiger partial charge on any atom is 0.269 e. The van der Waals surface area contributed by atoms with Gasteiger partial charge in [0.1, 0.15) is 0 Å². The second kappa shape index (κ2) is 10.6. The van der Waals surface area contributed by atoms with Crippen molar-refractivity contribution in [1.29, 1.82) is 0 Å². The summed E-state index contributed by atoms with van der Waals surface area (Å²) in [6.07, 6.45) is 4.52. The van der Waals surface area contributed by atoms with Crippen LogP contribution in [0.2, 0.25) is 0 Å². The van der Waals surface area contributed by atoms with Crippen molar-refractivity contribution in [2.45, 2.75) is 37.4 Å². The van der Waals surface area contributed by atoms with Crippen LogP contribution in [0.4, 0.5) is 0 Å². The van der Waals surface area contributed by atoms with Crippen molar-refractivity contribution in [3.63, 3.8) is 0 Å². The first kappa shape index (κ1) is 22.6. The third-order valence-corrected chi connectivity index (χ3v) is 4.39. The van der Waals surface area contributed by atoms with Crippen LogP contribution >= 0.6 is 0 Å². The monoisotopic (exact) mass is 381 g/mol. The van der Waals surface area contributed by atoms with Crippen molar-refractivity contribution in [3.8, 4) is 0 Å². The molecule has 150 valence electrons. The average Bonchev–Trinajstić information content (AvgIpc) is 2.68. The Morgan fingerprint density at radius 3 is 1.04 bits per heavy atom. The highest BCUT2D eigenvalue weighted by Gasteiger charge is 2.41. The molecule has 0 unspecified atom stereocenters. The minimum atomic E-state index is -0.449. The molecule has 9 nitrogen and oxygen atoms in total. The molecule has 0 radical (unpaired) electrons. The Balaban J connectivity index is 3.25. The Morgan fingerprint density at radius 1 is 0.667 bits per heavy atom. The first-order valence-electron chi connectivity index (χ1n) is 8.37. The molecule has 0 aromatic rings. The van der Waals surface area contributed by atoms with Crippen LogP contribution in [0.15, 0.2) is 38.0 Å². The summed E-state index contributed by atoms with van der Waals surface area (Å²) >= 11 is 0. The molecular formula is C18H27N3O6. The Kier molecular flexibility index (Phi) is 8.86. The van der Waals surface area contributed by atoms with Crippen LogP contribution in [0.5, 0.6) is 0 Å². The third-order valence-electron chi connectivity index (χ3n) is 4.39. The fourth-order valence-corrected chi connectivity index (χ4v) is 3.33. The number of carbonyl (C=O) groups is 3. The van der Waals surface area contributed by atoms with E-state index < -0.39 is 35.8 Å². The van der Waals surface area contributed by atoms with Crippen LogP contribution in [-0.2, 0) is 28.9 Å². The number of amides is 3. The van der Waals surface area contributed by atoms with Gasteiger partial charge in [-0.2, -0.15) is 0 Å². The predicted molar refractivity (Wildman–Crippen MR) is 97.4 cm³/mol. The number of nitrogens with zero attached hydrogens (tertiary/aromatic N) is 3. The van der Waals surface area contributed by atoms with Gasteiger partial charge >= 0.3 is 0 Å². The van der Waals surface area contributed by atoms with E-state index >= 15 is 0 Å². The smallest absolute Gasteiger partial charge is 0.269 e. The lowest BCUT2D eigenvalue weighted by Gasteiger charge is -2.44. The molecule has 0 aromatic heterocycles. The molecule has 0 atom stereocenters. The third kappa shape index (κ3) is 5.25. The van der Waals surface area contributed by atoms with Gasteiger partial charge in [-0.25, -0.2) is 15.2 Å². The van der Waals surface area contributed by atoms with Crippen molar-refractivity contribution < 1.29 is 28.9 Å². The summed E-state index contributed by atoms with van der Waals surface area (Å²) in [5, 5.41) is 3.51. The molecule has 0 N–H and O–H groups in total. The number of hydrogen-bond donors (Lipinski definition) is 0. The zero-order valence-corrected chi connectivity index (χ0v) is 16.0. The van der Waals surface area contributed by atoms with Gasteiger partial charge in [0, 0.05) is 0 Å². The van der Waals surface area contributed by atoms with Crippen LogP contribution in [0.1, 0.15) is 19.3 Å². The van der Waals surface area contributed by atoms with E-state index in [1.54, 1.807) is 0 Å². The van der Waals surface area contributed by atoms with Crippen LogP contribution < -0.4 is 0 Å². The SMILES string of the molecule is C=CC(=O)N(OC)C1CC(N(OC)C(=O)C=C)CC(N(OC)C(=O)C=C)C1. The highest BCUT2D eigenvalue weighted by molar-refractivity contribution is 5.87. The second-order valence-corrected chi connectivity index (χ2v) is 5.82. The summed E-state index contributed by atoms with van der Waals surface area (Å²) in [5.41, 5.74) is 0. The fraction of sp³-hybridized carbons (Fsp3) is 0.500. The fourth-order valence-electron chi connectivity index (χ4n) is 3.33. The van der Waals surface area contributed by atoms with Gasteiger partial charge in [0.2, 0.25) is 0 Å². The standard InChI is InChI=1S/C18H27N3O6/c1-7-16(22)19(25-4)13-10-14(20(26-5)17(23)8-2)12-15(11-13)21(27-6)18(24)9-3/h7-9,13-15H,1-3,10-12H2,4-6H3. The Morgan fingerprint density at radius 2 is 0.889 bits per heavy atom. The molecule has 1 fully saturated rings. The van der Waals surface area contributed by atoms with Gasteiger partial charge in [-0.3, -0.25) is 28.9 Å². The van der Waals surface area contributed by atoms with E-state index in [0.717, 1.165) is 18.2 Å². The topological polar surface area (TPSA) is 88.6 Å². The second-order valence-electron chi connectivity index (χ2n) is 5.82. The maximum atomic E-state index is 12.1. The quantitative estimate of drug-likeness (QED) is 0.437. The maximum absolute atomic E-state index is 12.1. The number of carbonyl (C=O) groups excluding carboxylic acids is 3. The van der Waals surface area contributed by atoms with Crippen molar-refractivity contribution in [1.82, 2.24) is 15.2 Å². The van der Waals surface area contributed by atoms with E-state index in [1.807, 2.05) is 0 Å². The molecule has 0 aromatic carbocycles. The lowest BCUT2D eigenvalue weighted by molar-refractivity contribution is -0.224. The number of hydrogen-bond acceptors (Lipinski definition) is 6. The van der Waals surface area contributed by atoms with E-state index in [0.29, 0.717) is 19.3 Å². The van der Waals surface area contributed by atoms with Crippen molar-refractivity contribution in [2.75, 3.05) is 21.3 Å². The van der Waals surface area contributed by atoms with Crippen LogP contribution in [0.25, 0.3) is 0 Å². The molecule has 0 aliphatic heterocycles. The molecule has 1 rings (SSSR count). The normalized spacial score (nSPS) is 21.7. The van der Waals surface area contributed by atoms with E-state index in [2.05, 4.69) is 19.7 Å². The first-order valence-corrected chi connectivity index (χ1v) is 8.37. The van der Waals surface area contributed by atoms with Gasteiger partial charge in [0.05, 0.1) is 39.5 Å². The predicted octanol–water partition coefficient (Wildman–Crippen LogP) is 1.00. The van der Waals surface area contributed by atoms with Crippen molar-refractivity contribution in [2.24, 2.45) is 0 Å². The minimum absolute atomic E-state index is 0.372. The summed E-state index contributed by atoms with van der Waals surface area (Å²) < 4.78 is 0. The summed E-state index contributed by atoms with van der Waals surface area (Å²) in [4.78, 5) is 52.1. The number of hydroxylamine groups is 6. The summed E-state index contributed by atoms with van der Waals surface area (Å²) in [7, 11) is 4.10. The van der Waals surface area contributed by atoms with E-state index in [4.69, 9.17) is 14.5 Å². The zero-order chi connectivity index (χ0) is 20.6. The molecule has 27 heavy (non-hydrogen) atoms. The van der Waals surface area contributed by atoms with Gasteiger partial charge in [-0.1, -0.05) is 19.7 Å². The van der Waals surface area contributed by atoms with Gasteiger partial charge in [-0.05, 0) is 37.5 Å². The van der Waals surface area contributed by atoms with Crippen LogP contribution in [0.3, 0.4) is 0 Å². The van der Waals surface area contributed by atoms with E-state index in [9.17, 15) is 14.4 Å². The van der Waals surface area contributed by atoms with Crippen molar-refractivity contribution in [3.05, 3.63) is 38.0 Å². The largest absolute Gasteiger partial charge is 0.274 e. The van der Waals surface area contributed by atoms with E-state index in [-0.39, 0.29) is 0 Å². The first-order chi connectivity index (χ1) is 12.9. The van der Waals surface area contributed by atoms with Crippen molar-refractivity contribution >= 4 is 17.7 Å². The molecule has 3 amide bonds. The van der Waals surface area contributed by atoms with Crippen LogP contribution in [-0.4, -0.2) is 72.4 Å². The van der Waals surface area contributed by atoms with Gasteiger partial charge in [0.15, 0.2) is 0 Å². The van der Waals surface area contributed by atoms with Gasteiger partial charge < -0.3 is 0 Å². The lowest BCUT2D eigenvalue weighted by Crippen LogP contribution is -2.55. The Labute approximate surface area is 159 Å². The van der Waals surface area contributed by atoms with Gasteiger partial charge in [-0.15, -0.1) is 0 Å². The molecular weight excluding hydrogens is 354 g/mol. The molecule has 9 heteroatoms. The Bertz CT molecular complexity index is 507. The Hall–Kier alpha value is -2.49. The molecule has 0 bridgehead atoms. The molecule has 0 saturated heterocycles. The summed E-state index contributed by atoms with van der Waals surface area (Å²) in [6.45, 7) is 10.4. The highest BCUT2D eigenvalue weighted by atomic mass is 16.7. The van der Waals surface area contributed by atoms with Gasteiger partial charge in [0.25, 0.3) is 17.7 Å².